The molecule has 15 heavy (non-hydrogen) atoms. The molecule has 0 amide bonds. The number of rotatable bonds is 1. The van der Waals surface area contributed by atoms with Crippen LogP contribution in [-0.2, 0) is 0 Å². The lowest BCUT2D eigenvalue weighted by molar-refractivity contribution is 0.886. The Morgan fingerprint density at radius 1 is 1.20 bits per heavy atom. The van der Waals surface area contributed by atoms with Gasteiger partial charge in [0.15, 0.2) is 0 Å². The normalized spacial score (nSPS) is 8.53. The molecule has 2 heteroatoms. The predicted octanol–water partition coefficient (Wildman–Crippen LogP) is 4.64. The van der Waals surface area contributed by atoms with Gasteiger partial charge < -0.3 is 4.98 Å². The maximum Gasteiger partial charge on any atom is 0.0640 e. The van der Waals surface area contributed by atoms with Crippen LogP contribution in [0.1, 0.15) is 42.0 Å². The number of aromatic amines is 1. The molecule has 0 fully saturated rings. The zero-order valence-corrected chi connectivity index (χ0v) is 10.2. The minimum atomic E-state index is 0. The average Bonchev–Trinajstić information content (AvgIpc) is 2.80. The van der Waals surface area contributed by atoms with Crippen LogP contribution < -0.4 is 0 Å². The molecule has 1 N–H and O–H groups in total. The van der Waals surface area contributed by atoms with E-state index >= 15 is 0 Å². The third kappa shape index (κ3) is 5.21. The van der Waals surface area contributed by atoms with Gasteiger partial charge >= 0.3 is 0 Å². The topological polar surface area (TPSA) is 28.7 Å². The molecular formula is C13H24N2. The third-order valence-electron chi connectivity index (χ3n) is 1.86. The molecule has 0 aromatic carbocycles. The Morgan fingerprint density at radius 3 is 2.40 bits per heavy atom. The third-order valence-corrected chi connectivity index (χ3v) is 1.86. The Morgan fingerprint density at radius 2 is 1.87 bits per heavy atom. The Kier molecular flexibility index (Phi) is 8.44. The summed E-state index contributed by atoms with van der Waals surface area (Å²) in [5, 5.41) is 1.21. The first kappa shape index (κ1) is 13.7. The van der Waals surface area contributed by atoms with Crippen LogP contribution in [0.4, 0.5) is 0 Å². The molecule has 2 aromatic heterocycles. The first-order valence-electron chi connectivity index (χ1n) is 5.75. The van der Waals surface area contributed by atoms with Crippen molar-refractivity contribution in [1.29, 1.82) is 0 Å². The molecule has 0 bridgehead atoms. The van der Waals surface area contributed by atoms with E-state index in [1.165, 1.54) is 18.2 Å². The maximum absolute atomic E-state index is 3.95. The van der Waals surface area contributed by atoms with E-state index in [-0.39, 0.29) is 1.43 Å². The van der Waals surface area contributed by atoms with Crippen molar-refractivity contribution in [2.45, 2.75) is 40.5 Å². The second-order valence-electron chi connectivity index (χ2n) is 2.94. The summed E-state index contributed by atoms with van der Waals surface area (Å²) >= 11 is 0. The van der Waals surface area contributed by atoms with Gasteiger partial charge in [0, 0.05) is 19.2 Å². The predicted molar refractivity (Wildman–Crippen MR) is 70.1 cm³/mol. The molecular weight excluding hydrogens is 184 g/mol. The molecule has 0 aliphatic carbocycles. The van der Waals surface area contributed by atoms with Crippen LogP contribution >= 0.6 is 0 Å². The Bertz CT molecular complexity index is 312. The van der Waals surface area contributed by atoms with Gasteiger partial charge in [0.05, 0.1) is 11.7 Å². The molecule has 0 saturated carbocycles. The summed E-state index contributed by atoms with van der Waals surface area (Å²) in [6.45, 7) is 8.36. The summed E-state index contributed by atoms with van der Waals surface area (Å²) in [6.07, 6.45) is 8.15. The van der Waals surface area contributed by atoms with E-state index in [2.05, 4.69) is 23.8 Å². The second-order valence-corrected chi connectivity index (χ2v) is 2.94. The van der Waals surface area contributed by atoms with E-state index in [4.69, 9.17) is 0 Å². The number of aromatic nitrogens is 2. The lowest BCUT2D eigenvalue weighted by Crippen LogP contribution is -1.68. The summed E-state index contributed by atoms with van der Waals surface area (Å²) in [5.41, 5.74) is 1.09. The highest BCUT2D eigenvalue weighted by molar-refractivity contribution is 5.77. The number of H-pyrrole nitrogens is 1. The van der Waals surface area contributed by atoms with Crippen molar-refractivity contribution in [3.05, 3.63) is 30.7 Å². The second kappa shape index (κ2) is 9.25. The van der Waals surface area contributed by atoms with Crippen LogP contribution in [-0.4, -0.2) is 9.97 Å². The van der Waals surface area contributed by atoms with E-state index in [1.54, 1.807) is 6.20 Å². The lowest BCUT2D eigenvalue weighted by Gasteiger charge is -1.82. The fraction of sp³-hybridized carbons (Fsp3) is 0.462. The number of hydrogen-bond acceptors (Lipinski definition) is 1. The standard InChI is InChI=1S/C7H6N2.C4H10.C2H6.H2/c1-3-8-5-7-6(1)2-4-9-7;1-3-4-2;1-2;/h1-5,9H;3-4H2,1-2H3;1-2H3;1H. The summed E-state index contributed by atoms with van der Waals surface area (Å²) in [7, 11) is 0. The number of nitrogens with one attached hydrogen (secondary N) is 1. The van der Waals surface area contributed by atoms with Crippen LogP contribution in [0.15, 0.2) is 30.7 Å². The van der Waals surface area contributed by atoms with Gasteiger partial charge in [0.25, 0.3) is 0 Å². The van der Waals surface area contributed by atoms with Gasteiger partial charge in [-0.3, -0.25) is 4.98 Å². The summed E-state index contributed by atoms with van der Waals surface area (Å²) in [5.74, 6) is 0. The molecule has 2 aromatic rings. The lowest BCUT2D eigenvalue weighted by atomic mass is 10.3. The Labute approximate surface area is 94.2 Å². The minimum Gasteiger partial charge on any atom is -0.360 e. The van der Waals surface area contributed by atoms with Crippen molar-refractivity contribution in [2.75, 3.05) is 0 Å². The highest BCUT2D eigenvalue weighted by atomic mass is 14.7. The SMILES string of the molecule is CC.CCCC.[HH].c1cc2cc[nH]c2cn1. The van der Waals surface area contributed by atoms with Crippen LogP contribution in [0, 0.1) is 0 Å². The fourth-order valence-corrected chi connectivity index (χ4v) is 0.892. The molecule has 2 nitrogen and oxygen atoms in total. The minimum absolute atomic E-state index is 0. The van der Waals surface area contributed by atoms with E-state index in [0.29, 0.717) is 0 Å². The zero-order chi connectivity index (χ0) is 11.5. The van der Waals surface area contributed by atoms with Crippen molar-refractivity contribution >= 4 is 10.9 Å². The van der Waals surface area contributed by atoms with Gasteiger partial charge in [-0.05, 0) is 12.1 Å². The Hall–Kier alpha value is -1.31. The molecule has 2 rings (SSSR count). The highest BCUT2D eigenvalue weighted by Crippen LogP contribution is 2.07. The summed E-state index contributed by atoms with van der Waals surface area (Å²) in [4.78, 5) is 7.01. The van der Waals surface area contributed by atoms with Crippen LogP contribution in [0.2, 0.25) is 0 Å². The molecule has 0 aliphatic rings. The molecule has 0 unspecified atom stereocenters. The molecule has 0 saturated heterocycles. The number of unbranched alkanes of at least 4 members (excludes halogenated alkanes) is 1. The smallest absolute Gasteiger partial charge is 0.0640 e. The van der Waals surface area contributed by atoms with Crippen LogP contribution in [0.3, 0.4) is 0 Å². The molecule has 2 heterocycles. The van der Waals surface area contributed by atoms with Gasteiger partial charge in [0.1, 0.15) is 0 Å². The van der Waals surface area contributed by atoms with Crippen molar-refractivity contribution in [2.24, 2.45) is 0 Å². The number of nitrogens with zero attached hydrogens (tertiary/aromatic N) is 1. The van der Waals surface area contributed by atoms with E-state index < -0.39 is 0 Å². The largest absolute Gasteiger partial charge is 0.360 e. The molecule has 0 atom stereocenters. The molecule has 0 aliphatic heterocycles. The summed E-state index contributed by atoms with van der Waals surface area (Å²) < 4.78 is 0. The van der Waals surface area contributed by atoms with Gasteiger partial charge in [-0.25, -0.2) is 0 Å². The van der Waals surface area contributed by atoms with Crippen molar-refractivity contribution in [3.63, 3.8) is 0 Å². The summed E-state index contributed by atoms with van der Waals surface area (Å²) in [6, 6.07) is 4.00. The average molecular weight is 208 g/mol. The van der Waals surface area contributed by atoms with E-state index in [1.807, 2.05) is 38.4 Å². The zero-order valence-electron chi connectivity index (χ0n) is 10.2. The maximum atomic E-state index is 3.95. The molecule has 0 spiro atoms. The first-order valence-corrected chi connectivity index (χ1v) is 5.75. The van der Waals surface area contributed by atoms with Gasteiger partial charge in [-0.1, -0.05) is 40.5 Å². The van der Waals surface area contributed by atoms with E-state index in [9.17, 15) is 0 Å². The van der Waals surface area contributed by atoms with Crippen LogP contribution in [0.5, 0.6) is 0 Å². The van der Waals surface area contributed by atoms with Gasteiger partial charge in [-0.2, -0.15) is 0 Å². The van der Waals surface area contributed by atoms with Crippen LogP contribution in [0.25, 0.3) is 10.9 Å². The number of pyridine rings is 1. The Balaban J connectivity index is 0. The van der Waals surface area contributed by atoms with Gasteiger partial charge in [0.2, 0.25) is 0 Å². The number of hydrogen-bond donors (Lipinski definition) is 1. The van der Waals surface area contributed by atoms with E-state index in [0.717, 1.165) is 5.52 Å². The molecule has 86 valence electrons. The van der Waals surface area contributed by atoms with Crippen molar-refractivity contribution in [3.8, 4) is 0 Å². The van der Waals surface area contributed by atoms with Gasteiger partial charge in [-0.15, -0.1) is 0 Å². The molecule has 0 radical (unpaired) electrons. The number of fused-ring (bicyclic) bond motifs is 1. The quantitative estimate of drug-likeness (QED) is 0.726. The highest BCUT2D eigenvalue weighted by Gasteiger charge is 1.87. The monoisotopic (exact) mass is 208 g/mol. The fourth-order valence-electron chi connectivity index (χ4n) is 0.892. The first-order chi connectivity index (χ1) is 7.38. The van der Waals surface area contributed by atoms with Crippen molar-refractivity contribution < 1.29 is 1.43 Å². The van der Waals surface area contributed by atoms with Crippen molar-refractivity contribution in [1.82, 2.24) is 9.97 Å².